The van der Waals surface area contributed by atoms with E-state index in [0.29, 0.717) is 12.5 Å². The Labute approximate surface area is 97.1 Å². The summed E-state index contributed by atoms with van der Waals surface area (Å²) in [7, 11) is 0. The van der Waals surface area contributed by atoms with Crippen LogP contribution in [0.1, 0.15) is 33.6 Å². The molecule has 92 valence electrons. The second kappa shape index (κ2) is 5.89. The third-order valence-electron chi connectivity index (χ3n) is 3.16. The maximum absolute atomic E-state index is 11.9. The van der Waals surface area contributed by atoms with Crippen molar-refractivity contribution < 1.29 is 0 Å². The zero-order valence-corrected chi connectivity index (χ0v) is 10.5. The number of aromatic nitrogens is 2. The van der Waals surface area contributed by atoms with Gasteiger partial charge in [-0.25, -0.2) is 4.79 Å². The van der Waals surface area contributed by atoms with Gasteiger partial charge in [-0.05, 0) is 12.3 Å². The number of hydrogen-bond donors (Lipinski definition) is 1. The fourth-order valence-electron chi connectivity index (χ4n) is 1.71. The smallest absolute Gasteiger partial charge is 0.326 e. The normalized spacial score (nSPS) is 15.0. The van der Waals surface area contributed by atoms with Crippen LogP contribution in [0.5, 0.6) is 0 Å². The van der Waals surface area contributed by atoms with Crippen molar-refractivity contribution in [3.8, 4) is 0 Å². The first-order chi connectivity index (χ1) is 7.60. The second-order valence-electron chi connectivity index (χ2n) is 4.48. The van der Waals surface area contributed by atoms with Crippen molar-refractivity contribution in [2.24, 2.45) is 11.7 Å². The molecule has 0 saturated carbocycles. The first-order valence-corrected chi connectivity index (χ1v) is 6.11. The zero-order valence-electron chi connectivity index (χ0n) is 10.5. The van der Waals surface area contributed by atoms with Crippen LogP contribution in [0, 0.1) is 5.92 Å². The van der Waals surface area contributed by atoms with E-state index >= 15 is 0 Å². The number of aryl methyl sites for hydroxylation is 1. The molecule has 1 heterocycles. The Kier molecular flexibility index (Phi) is 4.80. The van der Waals surface area contributed by atoms with E-state index in [4.69, 9.17) is 5.73 Å². The molecule has 4 heteroatoms. The molecular weight excluding hydrogens is 202 g/mol. The van der Waals surface area contributed by atoms with E-state index in [2.05, 4.69) is 20.8 Å². The molecule has 0 aliphatic heterocycles. The molecule has 0 radical (unpaired) electrons. The predicted octanol–water partition coefficient (Wildman–Crippen LogP) is 1.43. The van der Waals surface area contributed by atoms with Gasteiger partial charge in [0, 0.05) is 31.5 Å². The molecule has 0 fully saturated rings. The molecule has 2 unspecified atom stereocenters. The third kappa shape index (κ3) is 2.98. The van der Waals surface area contributed by atoms with E-state index in [0.717, 1.165) is 19.4 Å². The van der Waals surface area contributed by atoms with Crippen LogP contribution >= 0.6 is 0 Å². The molecule has 16 heavy (non-hydrogen) atoms. The second-order valence-corrected chi connectivity index (χ2v) is 4.48. The fraction of sp³-hybridized carbons (Fsp3) is 0.750. The molecule has 0 amide bonds. The molecule has 4 nitrogen and oxygen atoms in total. The van der Waals surface area contributed by atoms with E-state index in [-0.39, 0.29) is 11.7 Å². The summed E-state index contributed by atoms with van der Waals surface area (Å²) in [6.07, 6.45) is 5.70. The minimum Gasteiger partial charge on any atom is -0.326 e. The molecule has 1 rings (SSSR count). The largest absolute Gasteiger partial charge is 0.328 e. The lowest BCUT2D eigenvalue weighted by Gasteiger charge is -2.18. The molecule has 0 aromatic carbocycles. The van der Waals surface area contributed by atoms with Gasteiger partial charge in [-0.1, -0.05) is 27.2 Å². The van der Waals surface area contributed by atoms with Crippen molar-refractivity contribution in [3.05, 3.63) is 22.9 Å². The van der Waals surface area contributed by atoms with Gasteiger partial charge in [-0.2, -0.15) is 0 Å². The lowest BCUT2D eigenvalue weighted by molar-refractivity contribution is 0.390. The summed E-state index contributed by atoms with van der Waals surface area (Å²) < 4.78 is 3.45. The standard InChI is InChI=1S/C12H23N3O/c1-4-6-14-7-8-15(12(14)16)9-11(13)10(3)5-2/h7-8,10-11H,4-6,9,13H2,1-3H3. The maximum Gasteiger partial charge on any atom is 0.328 e. The predicted molar refractivity (Wildman–Crippen MR) is 66.4 cm³/mol. The Morgan fingerprint density at radius 3 is 2.50 bits per heavy atom. The highest BCUT2D eigenvalue weighted by Crippen LogP contribution is 2.06. The number of rotatable bonds is 6. The van der Waals surface area contributed by atoms with E-state index in [1.807, 2.05) is 12.4 Å². The Balaban J connectivity index is 2.71. The van der Waals surface area contributed by atoms with Gasteiger partial charge in [-0.15, -0.1) is 0 Å². The van der Waals surface area contributed by atoms with Gasteiger partial charge in [0.2, 0.25) is 0 Å². The maximum atomic E-state index is 11.9. The summed E-state index contributed by atoms with van der Waals surface area (Å²) in [4.78, 5) is 11.9. The Morgan fingerprint density at radius 2 is 1.94 bits per heavy atom. The highest BCUT2D eigenvalue weighted by Gasteiger charge is 2.13. The van der Waals surface area contributed by atoms with Crippen LogP contribution in [0.2, 0.25) is 0 Å². The number of nitrogens with two attached hydrogens (primary N) is 1. The van der Waals surface area contributed by atoms with Gasteiger partial charge < -0.3 is 5.73 Å². The van der Waals surface area contributed by atoms with E-state index < -0.39 is 0 Å². The highest BCUT2D eigenvalue weighted by atomic mass is 16.1. The molecule has 0 aliphatic rings. The van der Waals surface area contributed by atoms with E-state index in [1.165, 1.54) is 0 Å². The third-order valence-corrected chi connectivity index (χ3v) is 3.16. The molecule has 1 aromatic heterocycles. The molecule has 2 atom stereocenters. The van der Waals surface area contributed by atoms with Gasteiger partial charge >= 0.3 is 5.69 Å². The molecule has 0 bridgehead atoms. The van der Waals surface area contributed by atoms with Crippen molar-refractivity contribution in [2.75, 3.05) is 0 Å². The van der Waals surface area contributed by atoms with Crippen LogP contribution in [-0.4, -0.2) is 15.2 Å². The van der Waals surface area contributed by atoms with Gasteiger partial charge in [-0.3, -0.25) is 9.13 Å². The molecule has 0 saturated heterocycles. The first-order valence-electron chi connectivity index (χ1n) is 6.11. The average molecular weight is 225 g/mol. The van der Waals surface area contributed by atoms with Crippen molar-refractivity contribution in [1.29, 1.82) is 0 Å². The zero-order chi connectivity index (χ0) is 12.1. The summed E-state index contributed by atoms with van der Waals surface area (Å²) in [5.41, 5.74) is 6.10. The monoisotopic (exact) mass is 225 g/mol. The fourth-order valence-corrected chi connectivity index (χ4v) is 1.71. The quantitative estimate of drug-likeness (QED) is 0.796. The van der Waals surface area contributed by atoms with Crippen LogP contribution in [0.3, 0.4) is 0 Å². The summed E-state index contributed by atoms with van der Waals surface area (Å²) in [5.74, 6) is 0.446. The van der Waals surface area contributed by atoms with Crippen LogP contribution in [0.15, 0.2) is 17.2 Å². The van der Waals surface area contributed by atoms with Crippen molar-refractivity contribution in [3.63, 3.8) is 0 Å². The SMILES string of the molecule is CCCn1ccn(CC(N)C(C)CC)c1=O. The Hall–Kier alpha value is -1.03. The topological polar surface area (TPSA) is 52.9 Å². The van der Waals surface area contributed by atoms with Crippen LogP contribution < -0.4 is 11.4 Å². The summed E-state index contributed by atoms with van der Waals surface area (Å²) in [5, 5.41) is 0. The van der Waals surface area contributed by atoms with Gasteiger partial charge in [0.1, 0.15) is 0 Å². The van der Waals surface area contributed by atoms with Crippen LogP contribution in [0.25, 0.3) is 0 Å². The van der Waals surface area contributed by atoms with Crippen molar-refractivity contribution in [2.45, 2.75) is 52.7 Å². The van der Waals surface area contributed by atoms with Gasteiger partial charge in [0.05, 0.1) is 0 Å². The molecule has 2 N–H and O–H groups in total. The molecular formula is C12H23N3O. The summed E-state index contributed by atoms with van der Waals surface area (Å²) >= 11 is 0. The summed E-state index contributed by atoms with van der Waals surface area (Å²) in [6, 6.07) is 0.0557. The molecule has 0 spiro atoms. The van der Waals surface area contributed by atoms with Crippen LogP contribution in [-0.2, 0) is 13.1 Å². The summed E-state index contributed by atoms with van der Waals surface area (Å²) in [6.45, 7) is 7.71. The minimum atomic E-state index is 0.0557. The van der Waals surface area contributed by atoms with Crippen LogP contribution in [0.4, 0.5) is 0 Å². The van der Waals surface area contributed by atoms with Crippen molar-refractivity contribution in [1.82, 2.24) is 9.13 Å². The number of hydrogen-bond acceptors (Lipinski definition) is 2. The highest BCUT2D eigenvalue weighted by molar-refractivity contribution is 4.83. The lowest BCUT2D eigenvalue weighted by atomic mass is 10.0. The van der Waals surface area contributed by atoms with Gasteiger partial charge in [0.15, 0.2) is 0 Å². The average Bonchev–Trinajstić information content (AvgIpc) is 2.61. The Morgan fingerprint density at radius 1 is 1.31 bits per heavy atom. The number of imidazole rings is 1. The Bertz CT molecular complexity index is 367. The van der Waals surface area contributed by atoms with Gasteiger partial charge in [0.25, 0.3) is 0 Å². The number of nitrogens with zero attached hydrogens (tertiary/aromatic N) is 2. The van der Waals surface area contributed by atoms with Crippen molar-refractivity contribution >= 4 is 0 Å². The van der Waals surface area contributed by atoms with E-state index in [9.17, 15) is 4.79 Å². The lowest BCUT2D eigenvalue weighted by Crippen LogP contribution is -2.36. The van der Waals surface area contributed by atoms with E-state index in [1.54, 1.807) is 9.13 Å². The minimum absolute atomic E-state index is 0.0557. The molecule has 1 aromatic rings. The first kappa shape index (κ1) is 13.0. The molecule has 0 aliphatic carbocycles.